The van der Waals surface area contributed by atoms with Crippen LogP contribution in [0.4, 0.5) is 5.69 Å². The van der Waals surface area contributed by atoms with E-state index in [2.05, 4.69) is 5.32 Å². The van der Waals surface area contributed by atoms with Gasteiger partial charge in [-0.15, -0.1) is 12.4 Å². The van der Waals surface area contributed by atoms with Gasteiger partial charge in [-0.3, -0.25) is 4.79 Å². The highest BCUT2D eigenvalue weighted by molar-refractivity contribution is 5.94. The van der Waals surface area contributed by atoms with Crippen molar-refractivity contribution < 1.29 is 9.53 Å². The molecule has 0 heterocycles. The summed E-state index contributed by atoms with van der Waals surface area (Å²) < 4.78 is 5.33. The van der Waals surface area contributed by atoms with Gasteiger partial charge in [0.1, 0.15) is 0 Å². The van der Waals surface area contributed by atoms with Gasteiger partial charge in [0.15, 0.2) is 0 Å². The Kier molecular flexibility index (Phi) is 9.21. The lowest BCUT2D eigenvalue weighted by molar-refractivity contribution is -0.117. The van der Waals surface area contributed by atoms with E-state index in [9.17, 15) is 4.79 Å². The molecule has 0 saturated heterocycles. The third-order valence-electron chi connectivity index (χ3n) is 2.60. The van der Waals surface area contributed by atoms with Crippen molar-refractivity contribution in [2.75, 3.05) is 11.9 Å². The number of anilines is 1. The molecule has 3 N–H and O–H groups in total. The first-order valence-corrected chi connectivity index (χ1v) is 6.40. The van der Waals surface area contributed by atoms with E-state index in [1.54, 1.807) is 0 Å². The standard InChI is InChI=1S/C14H22N2O2.ClH/c1-3-6-13(15)14(17)16-12-8-5-7-11(9-12)10-18-4-2;/h5,7-9,13H,3-4,6,10,15H2,1-2H3,(H,16,17);1H. The number of nitrogens with one attached hydrogen (secondary N) is 1. The summed E-state index contributed by atoms with van der Waals surface area (Å²) in [5.41, 5.74) is 7.56. The molecule has 0 saturated carbocycles. The van der Waals surface area contributed by atoms with Gasteiger partial charge in [0.2, 0.25) is 5.91 Å². The third-order valence-corrected chi connectivity index (χ3v) is 2.60. The second-order valence-electron chi connectivity index (χ2n) is 4.22. The average Bonchev–Trinajstić information content (AvgIpc) is 2.37. The van der Waals surface area contributed by atoms with E-state index >= 15 is 0 Å². The van der Waals surface area contributed by atoms with Gasteiger partial charge in [-0.1, -0.05) is 25.5 Å². The summed E-state index contributed by atoms with van der Waals surface area (Å²) in [6.45, 7) is 5.20. The normalized spacial score (nSPS) is 11.5. The van der Waals surface area contributed by atoms with Crippen molar-refractivity contribution in [1.29, 1.82) is 0 Å². The number of amides is 1. The first-order chi connectivity index (χ1) is 8.67. The van der Waals surface area contributed by atoms with Crippen molar-refractivity contribution in [3.05, 3.63) is 29.8 Å². The van der Waals surface area contributed by atoms with Crippen LogP contribution < -0.4 is 11.1 Å². The Labute approximate surface area is 121 Å². The lowest BCUT2D eigenvalue weighted by atomic mass is 10.1. The highest BCUT2D eigenvalue weighted by Gasteiger charge is 2.12. The molecular formula is C14H23ClN2O2. The minimum atomic E-state index is -0.439. The number of halogens is 1. The number of carbonyl (C=O) groups is 1. The summed E-state index contributed by atoms with van der Waals surface area (Å²) >= 11 is 0. The molecule has 1 rings (SSSR count). The summed E-state index contributed by atoms with van der Waals surface area (Å²) in [5.74, 6) is -0.134. The van der Waals surface area contributed by atoms with Crippen LogP contribution >= 0.6 is 12.4 Å². The topological polar surface area (TPSA) is 64.4 Å². The Balaban J connectivity index is 0.00000324. The van der Waals surface area contributed by atoms with Gasteiger partial charge in [-0.05, 0) is 31.0 Å². The lowest BCUT2D eigenvalue weighted by Crippen LogP contribution is -2.35. The van der Waals surface area contributed by atoms with Crippen molar-refractivity contribution in [2.24, 2.45) is 5.73 Å². The zero-order valence-electron chi connectivity index (χ0n) is 11.5. The van der Waals surface area contributed by atoms with Gasteiger partial charge in [0.25, 0.3) is 0 Å². The maximum Gasteiger partial charge on any atom is 0.241 e. The summed E-state index contributed by atoms with van der Waals surface area (Å²) in [6, 6.07) is 7.19. The molecule has 1 atom stereocenters. The first-order valence-electron chi connectivity index (χ1n) is 6.40. The second kappa shape index (κ2) is 9.78. The van der Waals surface area contributed by atoms with Crippen LogP contribution in [-0.2, 0) is 16.1 Å². The Morgan fingerprint density at radius 1 is 1.42 bits per heavy atom. The van der Waals surface area contributed by atoms with Crippen molar-refractivity contribution >= 4 is 24.0 Å². The number of hydrogen-bond donors (Lipinski definition) is 2. The molecule has 19 heavy (non-hydrogen) atoms. The summed E-state index contributed by atoms with van der Waals surface area (Å²) in [7, 11) is 0. The van der Waals surface area contributed by atoms with Crippen LogP contribution in [0.25, 0.3) is 0 Å². The van der Waals surface area contributed by atoms with Gasteiger partial charge < -0.3 is 15.8 Å². The molecule has 1 aromatic rings. The third kappa shape index (κ3) is 6.57. The van der Waals surface area contributed by atoms with Gasteiger partial charge in [-0.2, -0.15) is 0 Å². The number of hydrogen-bond acceptors (Lipinski definition) is 3. The lowest BCUT2D eigenvalue weighted by Gasteiger charge is -2.12. The number of rotatable bonds is 7. The van der Waals surface area contributed by atoms with Crippen LogP contribution in [0.2, 0.25) is 0 Å². The molecule has 0 aliphatic rings. The largest absolute Gasteiger partial charge is 0.377 e. The smallest absolute Gasteiger partial charge is 0.241 e. The van der Waals surface area contributed by atoms with Crippen molar-refractivity contribution in [2.45, 2.75) is 39.3 Å². The van der Waals surface area contributed by atoms with Gasteiger partial charge in [0.05, 0.1) is 12.6 Å². The highest BCUT2D eigenvalue weighted by atomic mass is 35.5. The van der Waals surface area contributed by atoms with E-state index in [0.29, 0.717) is 19.6 Å². The van der Waals surface area contributed by atoms with Crippen molar-refractivity contribution in [3.8, 4) is 0 Å². The van der Waals surface area contributed by atoms with Crippen molar-refractivity contribution in [1.82, 2.24) is 0 Å². The maximum atomic E-state index is 11.8. The molecule has 0 fully saturated rings. The molecule has 0 bridgehead atoms. The van der Waals surface area contributed by atoms with Gasteiger partial charge >= 0.3 is 0 Å². The average molecular weight is 287 g/mol. The highest BCUT2D eigenvalue weighted by Crippen LogP contribution is 2.12. The second-order valence-corrected chi connectivity index (χ2v) is 4.22. The Morgan fingerprint density at radius 2 is 2.16 bits per heavy atom. The molecular weight excluding hydrogens is 264 g/mol. The van der Waals surface area contributed by atoms with Gasteiger partial charge in [-0.25, -0.2) is 0 Å². The minimum absolute atomic E-state index is 0. The molecule has 0 aliphatic heterocycles. The fourth-order valence-electron chi connectivity index (χ4n) is 1.64. The Morgan fingerprint density at radius 3 is 2.79 bits per heavy atom. The number of carbonyl (C=O) groups excluding carboxylic acids is 1. The fraction of sp³-hybridized carbons (Fsp3) is 0.500. The number of ether oxygens (including phenoxy) is 1. The van der Waals surface area contributed by atoms with Crippen LogP contribution in [0.1, 0.15) is 32.3 Å². The molecule has 5 heteroatoms. The Hall–Kier alpha value is -1.10. The molecule has 1 unspecified atom stereocenters. The SMILES string of the molecule is CCCC(N)C(=O)Nc1cccc(COCC)c1.Cl. The Bertz CT molecular complexity index is 385. The summed E-state index contributed by atoms with van der Waals surface area (Å²) in [6.07, 6.45) is 1.60. The van der Waals surface area contributed by atoms with Crippen molar-refractivity contribution in [3.63, 3.8) is 0 Å². The predicted molar refractivity (Wildman–Crippen MR) is 80.5 cm³/mol. The van der Waals surface area contributed by atoms with Crippen LogP contribution in [0, 0.1) is 0 Å². The van der Waals surface area contributed by atoms with Crippen LogP contribution in [0.15, 0.2) is 24.3 Å². The molecule has 0 aromatic heterocycles. The van der Waals surface area contributed by atoms with Crippen LogP contribution in [0.3, 0.4) is 0 Å². The first kappa shape index (κ1) is 17.9. The zero-order chi connectivity index (χ0) is 13.4. The summed E-state index contributed by atoms with van der Waals surface area (Å²) in [4.78, 5) is 11.8. The van der Waals surface area contributed by atoms with Gasteiger partial charge in [0, 0.05) is 12.3 Å². The molecule has 1 amide bonds. The minimum Gasteiger partial charge on any atom is -0.377 e. The molecule has 1 aromatic carbocycles. The quantitative estimate of drug-likeness (QED) is 0.810. The summed E-state index contributed by atoms with van der Waals surface area (Å²) in [5, 5.41) is 2.82. The van der Waals surface area contributed by atoms with E-state index < -0.39 is 6.04 Å². The monoisotopic (exact) mass is 286 g/mol. The fourth-order valence-corrected chi connectivity index (χ4v) is 1.64. The number of benzene rings is 1. The number of nitrogens with two attached hydrogens (primary N) is 1. The predicted octanol–water partition coefficient (Wildman–Crippen LogP) is 2.71. The molecule has 4 nitrogen and oxygen atoms in total. The van der Waals surface area contributed by atoms with Crippen LogP contribution in [-0.4, -0.2) is 18.6 Å². The van der Waals surface area contributed by atoms with E-state index in [-0.39, 0.29) is 18.3 Å². The molecule has 0 radical (unpaired) electrons. The van der Waals surface area contributed by atoms with E-state index in [1.165, 1.54) is 0 Å². The molecule has 0 spiro atoms. The van der Waals surface area contributed by atoms with E-state index in [4.69, 9.17) is 10.5 Å². The molecule has 0 aliphatic carbocycles. The molecule has 108 valence electrons. The van der Waals surface area contributed by atoms with E-state index in [0.717, 1.165) is 17.7 Å². The zero-order valence-corrected chi connectivity index (χ0v) is 12.3. The van der Waals surface area contributed by atoms with E-state index in [1.807, 2.05) is 38.1 Å². The maximum absolute atomic E-state index is 11.8. The van der Waals surface area contributed by atoms with Crippen LogP contribution in [0.5, 0.6) is 0 Å².